The van der Waals surface area contributed by atoms with Gasteiger partial charge >= 0.3 is 0 Å². The Balaban J connectivity index is 1.73. The van der Waals surface area contributed by atoms with Crippen LogP contribution >= 0.6 is 0 Å². The smallest absolute Gasteiger partial charge is 0.194 e. The molecule has 27 heavy (non-hydrogen) atoms. The molecule has 1 heterocycles. The number of nitrogens with zero attached hydrogens (tertiary/aromatic N) is 2. The maximum absolute atomic E-state index is 13.2. The lowest BCUT2D eigenvalue weighted by atomic mass is 10.1. The first-order valence-corrected chi connectivity index (χ1v) is 9.75. The minimum Gasteiger partial charge on any atom is -0.492 e. The molecule has 1 aromatic rings. The minimum absolute atomic E-state index is 0.295. The highest BCUT2D eigenvalue weighted by atomic mass is 19.1. The molecule has 0 atom stereocenters. The first kappa shape index (κ1) is 21.4. The first-order valence-electron chi connectivity index (χ1n) is 9.75. The minimum atomic E-state index is -0.295. The zero-order chi connectivity index (χ0) is 19.3. The van der Waals surface area contributed by atoms with Gasteiger partial charge in [0.2, 0.25) is 0 Å². The highest BCUT2D eigenvalue weighted by Gasteiger charge is 2.21. The van der Waals surface area contributed by atoms with Gasteiger partial charge in [-0.1, -0.05) is 6.07 Å². The van der Waals surface area contributed by atoms with E-state index in [0.717, 1.165) is 58.1 Å². The number of halogens is 1. The Labute approximate surface area is 161 Å². The van der Waals surface area contributed by atoms with Crippen molar-refractivity contribution in [2.24, 2.45) is 4.99 Å². The van der Waals surface area contributed by atoms with Crippen molar-refractivity contribution in [3.05, 3.63) is 30.1 Å². The third-order valence-corrected chi connectivity index (χ3v) is 4.34. The summed E-state index contributed by atoms with van der Waals surface area (Å²) in [6.07, 6.45) is 3.25. The standard InChI is InChI=1S/C20H32FN3O3/c1-3-22-20(23-10-15-27-19-7-4-6-17(21)16-19)24-11-8-18(9-12-24)26-14-5-13-25-2/h4,6-7,16,18H,3,5,8-15H2,1-2H3,(H,22,23). The summed E-state index contributed by atoms with van der Waals surface area (Å²) in [5.41, 5.74) is 0. The lowest BCUT2D eigenvalue weighted by Gasteiger charge is -2.34. The fourth-order valence-corrected chi connectivity index (χ4v) is 2.99. The SMILES string of the molecule is CCNC(=NCCOc1cccc(F)c1)N1CCC(OCCCOC)CC1. The fraction of sp³-hybridized carbons (Fsp3) is 0.650. The highest BCUT2D eigenvalue weighted by molar-refractivity contribution is 5.80. The van der Waals surface area contributed by atoms with Gasteiger partial charge < -0.3 is 24.4 Å². The average Bonchev–Trinajstić information content (AvgIpc) is 2.68. The van der Waals surface area contributed by atoms with Crippen molar-refractivity contribution >= 4 is 5.96 Å². The average molecular weight is 381 g/mol. The lowest BCUT2D eigenvalue weighted by Crippen LogP contribution is -2.47. The Morgan fingerprint density at radius 3 is 2.78 bits per heavy atom. The van der Waals surface area contributed by atoms with Crippen LogP contribution in [0.15, 0.2) is 29.3 Å². The Morgan fingerprint density at radius 1 is 1.26 bits per heavy atom. The van der Waals surface area contributed by atoms with Gasteiger partial charge in [0.25, 0.3) is 0 Å². The van der Waals surface area contributed by atoms with E-state index in [9.17, 15) is 4.39 Å². The van der Waals surface area contributed by atoms with E-state index in [1.807, 2.05) is 0 Å². The first-order chi connectivity index (χ1) is 13.2. The summed E-state index contributed by atoms with van der Waals surface area (Å²) in [7, 11) is 1.71. The van der Waals surface area contributed by atoms with E-state index in [4.69, 9.17) is 14.2 Å². The van der Waals surface area contributed by atoms with Crippen LogP contribution < -0.4 is 10.1 Å². The van der Waals surface area contributed by atoms with E-state index in [2.05, 4.69) is 22.1 Å². The fourth-order valence-electron chi connectivity index (χ4n) is 2.99. The Kier molecular flexibility index (Phi) is 9.94. The summed E-state index contributed by atoms with van der Waals surface area (Å²) in [6.45, 7) is 7.15. The topological polar surface area (TPSA) is 55.3 Å². The molecule has 0 radical (unpaired) electrons. The van der Waals surface area contributed by atoms with Crippen molar-refractivity contribution in [1.29, 1.82) is 0 Å². The number of aliphatic imine (C=N–C) groups is 1. The highest BCUT2D eigenvalue weighted by Crippen LogP contribution is 2.14. The zero-order valence-electron chi connectivity index (χ0n) is 16.5. The van der Waals surface area contributed by atoms with E-state index in [-0.39, 0.29) is 5.82 Å². The maximum Gasteiger partial charge on any atom is 0.194 e. The molecule has 1 N–H and O–H groups in total. The summed E-state index contributed by atoms with van der Waals surface area (Å²) in [5, 5.41) is 3.34. The molecule has 1 aliphatic rings. The molecule has 0 aliphatic carbocycles. The predicted molar refractivity (Wildman–Crippen MR) is 105 cm³/mol. The number of ether oxygens (including phenoxy) is 3. The van der Waals surface area contributed by atoms with Crippen molar-refractivity contribution < 1.29 is 18.6 Å². The van der Waals surface area contributed by atoms with Gasteiger partial charge in [0, 0.05) is 46.0 Å². The van der Waals surface area contributed by atoms with Gasteiger partial charge in [0.05, 0.1) is 12.6 Å². The van der Waals surface area contributed by atoms with Crippen molar-refractivity contribution in [2.45, 2.75) is 32.3 Å². The summed E-state index contributed by atoms with van der Waals surface area (Å²) >= 11 is 0. The number of likely N-dealkylation sites (tertiary alicyclic amines) is 1. The van der Waals surface area contributed by atoms with E-state index < -0.39 is 0 Å². The molecule has 7 heteroatoms. The van der Waals surface area contributed by atoms with E-state index in [1.165, 1.54) is 12.1 Å². The Hall–Kier alpha value is -1.86. The summed E-state index contributed by atoms with van der Waals surface area (Å²) in [4.78, 5) is 6.91. The van der Waals surface area contributed by atoms with Crippen LogP contribution in [0.3, 0.4) is 0 Å². The molecule has 0 amide bonds. The van der Waals surface area contributed by atoms with Crippen molar-refractivity contribution in [2.75, 3.05) is 53.1 Å². The third-order valence-electron chi connectivity index (χ3n) is 4.34. The lowest BCUT2D eigenvalue weighted by molar-refractivity contribution is 0.00989. The third kappa shape index (κ3) is 8.13. The monoisotopic (exact) mass is 381 g/mol. The molecular formula is C20H32FN3O3. The molecule has 152 valence electrons. The van der Waals surface area contributed by atoms with Crippen LogP contribution in [0.4, 0.5) is 4.39 Å². The molecule has 0 saturated carbocycles. The number of piperidine rings is 1. The van der Waals surface area contributed by atoms with E-state index >= 15 is 0 Å². The molecular weight excluding hydrogens is 349 g/mol. The van der Waals surface area contributed by atoms with Crippen LogP contribution in [0.2, 0.25) is 0 Å². The summed E-state index contributed by atoms with van der Waals surface area (Å²) in [6, 6.07) is 6.17. The zero-order valence-corrected chi connectivity index (χ0v) is 16.5. The maximum atomic E-state index is 13.2. The quantitative estimate of drug-likeness (QED) is 0.384. The molecule has 1 fully saturated rings. The largest absolute Gasteiger partial charge is 0.492 e. The molecule has 0 aromatic heterocycles. The van der Waals surface area contributed by atoms with Gasteiger partial charge in [0.1, 0.15) is 18.2 Å². The van der Waals surface area contributed by atoms with Crippen LogP contribution in [0, 0.1) is 5.82 Å². The van der Waals surface area contributed by atoms with Gasteiger partial charge in [-0.3, -0.25) is 0 Å². The van der Waals surface area contributed by atoms with Crippen molar-refractivity contribution in [1.82, 2.24) is 10.2 Å². The van der Waals surface area contributed by atoms with Crippen molar-refractivity contribution in [3.8, 4) is 5.75 Å². The second kappa shape index (κ2) is 12.5. The molecule has 1 saturated heterocycles. The Bertz CT molecular complexity index is 563. The summed E-state index contributed by atoms with van der Waals surface area (Å²) < 4.78 is 29.7. The van der Waals surface area contributed by atoms with E-state index in [1.54, 1.807) is 19.2 Å². The van der Waals surface area contributed by atoms with Gasteiger partial charge in [-0.25, -0.2) is 9.38 Å². The predicted octanol–water partition coefficient (Wildman–Crippen LogP) is 2.69. The normalized spacial score (nSPS) is 15.8. The molecule has 6 nitrogen and oxygen atoms in total. The van der Waals surface area contributed by atoms with Gasteiger partial charge in [-0.05, 0) is 38.3 Å². The number of methoxy groups -OCH3 is 1. The molecule has 1 aliphatic heterocycles. The second-order valence-electron chi connectivity index (χ2n) is 6.45. The number of rotatable bonds is 10. The summed E-state index contributed by atoms with van der Waals surface area (Å²) in [5.74, 6) is 1.14. The van der Waals surface area contributed by atoms with Gasteiger partial charge in [0.15, 0.2) is 5.96 Å². The number of guanidine groups is 1. The van der Waals surface area contributed by atoms with Crippen LogP contribution in [0.25, 0.3) is 0 Å². The van der Waals surface area contributed by atoms with Crippen LogP contribution in [-0.2, 0) is 9.47 Å². The number of benzene rings is 1. The van der Waals surface area contributed by atoms with E-state index in [0.29, 0.717) is 25.0 Å². The molecule has 0 bridgehead atoms. The number of hydrogen-bond donors (Lipinski definition) is 1. The van der Waals surface area contributed by atoms with Gasteiger partial charge in [-0.2, -0.15) is 0 Å². The van der Waals surface area contributed by atoms with Gasteiger partial charge in [-0.15, -0.1) is 0 Å². The number of nitrogens with one attached hydrogen (secondary N) is 1. The molecule has 1 aromatic carbocycles. The molecule has 2 rings (SSSR count). The Morgan fingerprint density at radius 2 is 2.07 bits per heavy atom. The van der Waals surface area contributed by atoms with Crippen LogP contribution in [0.5, 0.6) is 5.75 Å². The van der Waals surface area contributed by atoms with Crippen LogP contribution in [0.1, 0.15) is 26.2 Å². The molecule has 0 unspecified atom stereocenters. The second-order valence-corrected chi connectivity index (χ2v) is 6.45. The molecule has 0 spiro atoms. The van der Waals surface area contributed by atoms with Crippen molar-refractivity contribution in [3.63, 3.8) is 0 Å². The number of hydrogen-bond acceptors (Lipinski definition) is 4. The van der Waals surface area contributed by atoms with Crippen LogP contribution in [-0.4, -0.2) is 70.1 Å².